The third-order valence-corrected chi connectivity index (χ3v) is 2.21. The van der Waals surface area contributed by atoms with Crippen LogP contribution >= 0.6 is 0 Å². The summed E-state index contributed by atoms with van der Waals surface area (Å²) < 4.78 is 0. The van der Waals surface area contributed by atoms with Crippen LogP contribution in [0.4, 0.5) is 0 Å². The molecule has 0 saturated heterocycles. The Labute approximate surface area is 70.0 Å². The van der Waals surface area contributed by atoms with Gasteiger partial charge in [0, 0.05) is 12.1 Å². The molecule has 0 amide bonds. The first-order valence-corrected chi connectivity index (χ1v) is 4.48. The van der Waals surface area contributed by atoms with E-state index in [0.717, 1.165) is 6.42 Å². The summed E-state index contributed by atoms with van der Waals surface area (Å²) in [6.07, 6.45) is 0.994. The van der Waals surface area contributed by atoms with Gasteiger partial charge in [0.15, 0.2) is 0 Å². The normalized spacial score (nSPS) is 16.9. The van der Waals surface area contributed by atoms with E-state index in [1.807, 2.05) is 0 Å². The van der Waals surface area contributed by atoms with Crippen LogP contribution in [0.15, 0.2) is 0 Å². The molecule has 0 aliphatic rings. The highest BCUT2D eigenvalue weighted by molar-refractivity contribution is 4.71. The second kappa shape index (κ2) is 5.56. The Morgan fingerprint density at radius 2 is 1.82 bits per heavy atom. The molecule has 11 heavy (non-hydrogen) atoms. The first-order chi connectivity index (χ1) is 5.11. The number of aliphatic hydroxyl groups excluding tert-OH is 1. The Hall–Kier alpha value is -0.0800. The maximum absolute atomic E-state index is 8.89. The zero-order chi connectivity index (χ0) is 8.85. The van der Waals surface area contributed by atoms with Gasteiger partial charge in [-0.1, -0.05) is 20.8 Å². The molecule has 0 aliphatic carbocycles. The Morgan fingerprint density at radius 1 is 1.27 bits per heavy atom. The molecule has 0 fully saturated rings. The lowest BCUT2D eigenvalue weighted by atomic mass is 10.1. The predicted octanol–water partition coefficient (Wildman–Crippen LogP) is 1.39. The van der Waals surface area contributed by atoms with E-state index in [4.69, 9.17) is 5.11 Å². The van der Waals surface area contributed by atoms with Gasteiger partial charge in [-0.05, 0) is 19.3 Å². The van der Waals surface area contributed by atoms with E-state index in [0.29, 0.717) is 12.0 Å². The molecule has 0 aromatic rings. The molecule has 68 valence electrons. The summed E-state index contributed by atoms with van der Waals surface area (Å²) in [6, 6.07) is 0.763. The minimum Gasteiger partial charge on any atom is -0.395 e. The summed E-state index contributed by atoms with van der Waals surface area (Å²) in [5, 5.41) is 12.3. The molecule has 0 heterocycles. The topological polar surface area (TPSA) is 32.3 Å². The van der Waals surface area contributed by atoms with Crippen molar-refractivity contribution in [2.45, 2.75) is 46.2 Å². The highest BCUT2D eigenvalue weighted by atomic mass is 16.3. The second-order valence-corrected chi connectivity index (χ2v) is 3.49. The maximum Gasteiger partial charge on any atom is 0.0584 e. The fraction of sp³-hybridized carbons (Fsp3) is 1.00. The third kappa shape index (κ3) is 4.38. The molecule has 0 radical (unpaired) electrons. The molecular formula is C9H21NO. The molecule has 0 rings (SSSR count). The summed E-state index contributed by atoms with van der Waals surface area (Å²) in [5.41, 5.74) is 0. The average molecular weight is 159 g/mol. The molecule has 0 saturated carbocycles. The Kier molecular flexibility index (Phi) is 5.51. The third-order valence-electron chi connectivity index (χ3n) is 2.21. The SMILES string of the molecule is CC[C@H](CO)N[C@@H](C)C(C)C. The van der Waals surface area contributed by atoms with E-state index in [2.05, 4.69) is 33.0 Å². The molecule has 2 N–H and O–H groups in total. The lowest BCUT2D eigenvalue weighted by molar-refractivity contribution is 0.220. The van der Waals surface area contributed by atoms with Crippen LogP contribution in [0, 0.1) is 5.92 Å². The monoisotopic (exact) mass is 159 g/mol. The van der Waals surface area contributed by atoms with E-state index in [-0.39, 0.29) is 12.6 Å². The number of hydrogen-bond acceptors (Lipinski definition) is 2. The molecule has 2 atom stereocenters. The first kappa shape index (κ1) is 10.9. The lowest BCUT2D eigenvalue weighted by Crippen LogP contribution is -2.41. The van der Waals surface area contributed by atoms with Gasteiger partial charge in [0.25, 0.3) is 0 Å². The van der Waals surface area contributed by atoms with Crippen LogP contribution in [0.1, 0.15) is 34.1 Å². The molecule has 0 aliphatic heterocycles. The molecule has 0 aromatic heterocycles. The molecule has 2 heteroatoms. The molecule has 0 aromatic carbocycles. The van der Waals surface area contributed by atoms with Crippen LogP contribution in [0.2, 0.25) is 0 Å². The van der Waals surface area contributed by atoms with Gasteiger partial charge < -0.3 is 10.4 Å². The van der Waals surface area contributed by atoms with Crippen LogP contribution in [0.25, 0.3) is 0 Å². The smallest absolute Gasteiger partial charge is 0.0584 e. The molecule has 0 bridgehead atoms. The van der Waals surface area contributed by atoms with Crippen molar-refractivity contribution in [2.24, 2.45) is 5.92 Å². The van der Waals surface area contributed by atoms with Gasteiger partial charge in [0.05, 0.1) is 6.61 Å². The lowest BCUT2D eigenvalue weighted by Gasteiger charge is -2.23. The Bertz CT molecular complexity index is 89.6. The Morgan fingerprint density at radius 3 is 2.09 bits per heavy atom. The number of hydrogen-bond donors (Lipinski definition) is 2. The summed E-state index contributed by atoms with van der Waals surface area (Å²) in [7, 11) is 0. The minimum atomic E-state index is 0.244. The first-order valence-electron chi connectivity index (χ1n) is 4.48. The van der Waals surface area contributed by atoms with Crippen LogP contribution < -0.4 is 5.32 Å². The van der Waals surface area contributed by atoms with Crippen LogP contribution in [0.5, 0.6) is 0 Å². The average Bonchev–Trinajstić information content (AvgIpc) is 1.99. The van der Waals surface area contributed by atoms with E-state index >= 15 is 0 Å². The van der Waals surface area contributed by atoms with Gasteiger partial charge in [-0.15, -0.1) is 0 Å². The second-order valence-electron chi connectivity index (χ2n) is 3.49. The van der Waals surface area contributed by atoms with Crippen LogP contribution in [0.3, 0.4) is 0 Å². The minimum absolute atomic E-state index is 0.244. The standard InChI is InChI=1S/C9H21NO/c1-5-9(6-11)10-8(4)7(2)3/h7-11H,5-6H2,1-4H3/t8-,9+/m0/s1. The highest BCUT2D eigenvalue weighted by Gasteiger charge is 2.11. The highest BCUT2D eigenvalue weighted by Crippen LogP contribution is 2.02. The molecule has 2 nitrogen and oxygen atoms in total. The van der Waals surface area contributed by atoms with E-state index in [1.165, 1.54) is 0 Å². The number of nitrogens with one attached hydrogen (secondary N) is 1. The van der Waals surface area contributed by atoms with Crippen molar-refractivity contribution in [1.82, 2.24) is 5.32 Å². The zero-order valence-electron chi connectivity index (χ0n) is 8.09. The van der Waals surface area contributed by atoms with Gasteiger partial charge >= 0.3 is 0 Å². The summed E-state index contributed by atoms with van der Waals surface area (Å²) in [6.45, 7) is 8.85. The molecule has 0 spiro atoms. The van der Waals surface area contributed by atoms with Gasteiger partial charge in [0.2, 0.25) is 0 Å². The quantitative estimate of drug-likeness (QED) is 0.635. The van der Waals surface area contributed by atoms with Crippen molar-refractivity contribution in [1.29, 1.82) is 0 Å². The fourth-order valence-electron chi connectivity index (χ4n) is 0.864. The van der Waals surface area contributed by atoms with Gasteiger partial charge in [-0.25, -0.2) is 0 Å². The molecule has 0 unspecified atom stereocenters. The Balaban J connectivity index is 3.62. The summed E-state index contributed by atoms with van der Waals surface area (Å²) in [5.74, 6) is 0.635. The molecular weight excluding hydrogens is 138 g/mol. The van der Waals surface area contributed by atoms with Gasteiger partial charge in [-0.3, -0.25) is 0 Å². The van der Waals surface area contributed by atoms with Crippen molar-refractivity contribution >= 4 is 0 Å². The zero-order valence-corrected chi connectivity index (χ0v) is 8.09. The summed E-state index contributed by atoms with van der Waals surface area (Å²) in [4.78, 5) is 0. The van der Waals surface area contributed by atoms with Crippen LogP contribution in [-0.2, 0) is 0 Å². The fourth-order valence-corrected chi connectivity index (χ4v) is 0.864. The maximum atomic E-state index is 8.89. The van der Waals surface area contributed by atoms with Crippen molar-refractivity contribution in [3.8, 4) is 0 Å². The van der Waals surface area contributed by atoms with E-state index in [1.54, 1.807) is 0 Å². The van der Waals surface area contributed by atoms with Gasteiger partial charge in [0.1, 0.15) is 0 Å². The van der Waals surface area contributed by atoms with Crippen molar-refractivity contribution < 1.29 is 5.11 Å². The number of aliphatic hydroxyl groups is 1. The summed E-state index contributed by atoms with van der Waals surface area (Å²) >= 11 is 0. The van der Waals surface area contributed by atoms with E-state index in [9.17, 15) is 0 Å². The van der Waals surface area contributed by atoms with Gasteiger partial charge in [-0.2, -0.15) is 0 Å². The van der Waals surface area contributed by atoms with Crippen molar-refractivity contribution in [3.05, 3.63) is 0 Å². The largest absolute Gasteiger partial charge is 0.395 e. The van der Waals surface area contributed by atoms with Crippen molar-refractivity contribution in [2.75, 3.05) is 6.61 Å². The van der Waals surface area contributed by atoms with E-state index < -0.39 is 0 Å². The number of rotatable bonds is 5. The predicted molar refractivity (Wildman–Crippen MR) is 48.6 cm³/mol. The van der Waals surface area contributed by atoms with Crippen molar-refractivity contribution in [3.63, 3.8) is 0 Å². The van der Waals surface area contributed by atoms with Crippen LogP contribution in [-0.4, -0.2) is 23.8 Å².